The molecule has 4 aliphatic carbocycles. The number of hydrogen-bond donors (Lipinski definition) is 18. The van der Waals surface area contributed by atoms with Crippen LogP contribution in [-0.2, 0) is 52.1 Å². The fraction of sp³-hybridized carbons (Fsp3) is 1.00. The van der Waals surface area contributed by atoms with Crippen molar-refractivity contribution in [1.82, 2.24) is 0 Å². The summed E-state index contributed by atoms with van der Waals surface area (Å²) in [6.07, 6.45) is -39.3. The maximum atomic E-state index is 12.2. The first-order chi connectivity index (χ1) is 40.6. The van der Waals surface area contributed by atoms with Crippen LogP contribution in [0.4, 0.5) is 0 Å². The second-order valence-electron chi connectivity index (χ2n) is 27.2. The number of hydrogen-bond acceptors (Lipinski definition) is 29. The molecule has 4 saturated carbocycles. The molecule has 0 unspecified atom stereocenters. The third-order valence-corrected chi connectivity index (χ3v) is 22.2. The van der Waals surface area contributed by atoms with E-state index < -0.39 is 198 Å². The van der Waals surface area contributed by atoms with E-state index in [-0.39, 0.29) is 53.1 Å². The maximum absolute atomic E-state index is 12.2. The third-order valence-electron chi connectivity index (χ3n) is 22.2. The lowest BCUT2D eigenvalue weighted by Crippen LogP contribution is -2.69. The zero-order chi connectivity index (χ0) is 62.4. The molecule has 0 spiro atoms. The summed E-state index contributed by atoms with van der Waals surface area (Å²) in [4.78, 5) is 0. The van der Waals surface area contributed by atoms with Crippen LogP contribution in [0.5, 0.6) is 0 Å². The third kappa shape index (κ3) is 12.2. The van der Waals surface area contributed by atoms with Gasteiger partial charge in [0.25, 0.3) is 0 Å². The average Bonchev–Trinajstić information content (AvgIpc) is 1.53. The van der Waals surface area contributed by atoms with E-state index in [9.17, 15) is 91.9 Å². The standard InChI is InChI=1S/C57H96O29/c1-20(19-76-50-43(71)39(67)35(63)22(3)77-50)8-11-57(75)21(2)34-29(86-57)13-26-24-7-6-23-12-28(27(62)14-56(23,5)25(24)9-10-55(26,34)4)78-51-46(74)42(70)47(33(18-61)82-51)83-54-49(85-53-45(73)41(69)37(65)31(16-59)80-53)48(38(66)32(17-60)81-54)84-52-44(72)40(68)36(64)30(15-58)79-52/h20-54,58-75H,6-19H2,1-5H3/t20-,21+,22-,23+,24-,25+,26+,27-,28-,29+,30-,31-,32-,33-,34+,35-,36-,37-,38-,39+,40+,41+,42-,43-,44-,45-,46-,47+,48+,49-,50-,51-,52+,53+,54+,55+,56+,57-/m1/s1. The van der Waals surface area contributed by atoms with Crippen LogP contribution in [0.1, 0.15) is 92.4 Å². The van der Waals surface area contributed by atoms with Crippen molar-refractivity contribution < 1.29 is 144 Å². The fourth-order valence-electron chi connectivity index (χ4n) is 17.1. The molecule has 29 nitrogen and oxygen atoms in total. The topological polar surface area (TPSA) is 466 Å². The van der Waals surface area contributed by atoms with Gasteiger partial charge >= 0.3 is 0 Å². The Labute approximate surface area is 498 Å². The molecule has 0 amide bonds. The van der Waals surface area contributed by atoms with E-state index in [1.54, 1.807) is 6.92 Å². The Hall–Kier alpha value is -1.16. The SMILES string of the molecule is C[C@H](CC[C@@]1(O)O[C@H]2C[C@H]3[C@@H]4CC[C@H]5C[C@@H](O[C@@H]6O[C@H](CO)[C@H](O[C@@H]7O[C@H](CO)[C@@H](O)[C@H](O[C@@H]8O[C@H](CO)[C@@H](O)[C@H](O)[C@H]8O)[C@H]7O[C@@H]7O[C@H](CO)[C@@H](O)[C@H](O)[C@H]7O)[C@H](O)[C@H]6O)[C@H](O)C[C@]5(C)[C@H]4CC[C@]3(C)[C@H]2[C@@H]1C)CO[C@@H]1O[C@H](C)[C@@H](O)[C@H](O)[C@H]1O. The zero-order valence-corrected chi connectivity index (χ0v) is 49.1. The summed E-state index contributed by atoms with van der Waals surface area (Å²) in [5, 5.41) is 195. The predicted molar refractivity (Wildman–Crippen MR) is 284 cm³/mol. The van der Waals surface area contributed by atoms with Gasteiger partial charge in [0.1, 0.15) is 116 Å². The van der Waals surface area contributed by atoms with Gasteiger partial charge in [-0.25, -0.2) is 0 Å². The molecule has 0 bridgehead atoms. The van der Waals surface area contributed by atoms with Gasteiger partial charge in [0.05, 0.1) is 57.5 Å². The second-order valence-corrected chi connectivity index (χ2v) is 27.2. The van der Waals surface area contributed by atoms with Crippen LogP contribution in [0, 0.1) is 52.3 Å². The Morgan fingerprint density at radius 2 is 1.02 bits per heavy atom. The van der Waals surface area contributed by atoms with Gasteiger partial charge in [-0.15, -0.1) is 0 Å². The molecule has 0 aromatic rings. The Morgan fingerprint density at radius 3 is 1.64 bits per heavy atom. The summed E-state index contributed by atoms with van der Waals surface area (Å²) in [5.74, 6) is -0.501. The first-order valence-electron chi connectivity index (χ1n) is 30.8. The summed E-state index contributed by atoms with van der Waals surface area (Å²) in [5.41, 5.74) is -0.423. The molecule has 6 heterocycles. The van der Waals surface area contributed by atoms with Crippen molar-refractivity contribution in [2.75, 3.05) is 33.0 Å². The molecule has 0 radical (unpaired) electrons. The van der Waals surface area contributed by atoms with Gasteiger partial charge < -0.3 is 144 Å². The van der Waals surface area contributed by atoms with Gasteiger partial charge in [-0.05, 0) is 105 Å². The normalized spacial score (nSPS) is 56.1. The van der Waals surface area contributed by atoms with E-state index in [1.807, 2.05) is 6.92 Å². The molecular formula is C57H96O29. The highest BCUT2D eigenvalue weighted by Crippen LogP contribution is 2.71. The molecule has 0 aromatic carbocycles. The van der Waals surface area contributed by atoms with Crippen LogP contribution < -0.4 is 0 Å². The first kappa shape index (κ1) is 67.7. The Balaban J connectivity index is 0.780. The molecule has 0 aromatic heterocycles. The molecule has 10 rings (SSSR count). The Morgan fingerprint density at radius 1 is 0.500 bits per heavy atom. The average molecular weight is 1250 g/mol. The van der Waals surface area contributed by atoms with Crippen LogP contribution in [-0.4, -0.2) is 303 Å². The number of ether oxygens (including phenoxy) is 11. The van der Waals surface area contributed by atoms with Crippen LogP contribution in [0.25, 0.3) is 0 Å². The second kappa shape index (κ2) is 26.7. The lowest BCUT2D eigenvalue weighted by atomic mass is 9.44. The zero-order valence-electron chi connectivity index (χ0n) is 49.1. The van der Waals surface area contributed by atoms with Crippen LogP contribution in [0.15, 0.2) is 0 Å². The molecule has 6 aliphatic heterocycles. The lowest BCUT2D eigenvalue weighted by molar-refractivity contribution is -0.407. The molecule has 498 valence electrons. The maximum Gasteiger partial charge on any atom is 0.187 e. The number of rotatable bonds is 18. The van der Waals surface area contributed by atoms with Crippen molar-refractivity contribution >= 4 is 0 Å². The minimum Gasteiger partial charge on any atom is -0.394 e. The van der Waals surface area contributed by atoms with Crippen molar-refractivity contribution in [3.05, 3.63) is 0 Å². The van der Waals surface area contributed by atoms with Crippen LogP contribution in [0.3, 0.4) is 0 Å². The van der Waals surface area contributed by atoms with Gasteiger partial charge in [-0.2, -0.15) is 0 Å². The van der Waals surface area contributed by atoms with E-state index >= 15 is 0 Å². The summed E-state index contributed by atoms with van der Waals surface area (Å²) in [6.45, 7) is 6.80. The van der Waals surface area contributed by atoms with Gasteiger partial charge in [0.15, 0.2) is 37.2 Å². The molecule has 86 heavy (non-hydrogen) atoms. The van der Waals surface area contributed by atoms with E-state index in [2.05, 4.69) is 20.8 Å². The number of aliphatic hydroxyl groups excluding tert-OH is 17. The van der Waals surface area contributed by atoms with Crippen molar-refractivity contribution in [2.45, 2.75) is 270 Å². The van der Waals surface area contributed by atoms with Crippen molar-refractivity contribution in [1.29, 1.82) is 0 Å². The molecule has 10 aliphatic rings. The van der Waals surface area contributed by atoms with E-state index in [4.69, 9.17) is 52.1 Å². The minimum atomic E-state index is -2.08. The highest BCUT2D eigenvalue weighted by Gasteiger charge is 2.69. The molecule has 18 N–H and O–H groups in total. The smallest absolute Gasteiger partial charge is 0.187 e. The van der Waals surface area contributed by atoms with Crippen molar-refractivity contribution in [3.63, 3.8) is 0 Å². The van der Waals surface area contributed by atoms with Crippen molar-refractivity contribution in [3.8, 4) is 0 Å². The van der Waals surface area contributed by atoms with Gasteiger partial charge in [0, 0.05) is 12.3 Å². The predicted octanol–water partition coefficient (Wildman–Crippen LogP) is -6.13. The largest absolute Gasteiger partial charge is 0.394 e. The van der Waals surface area contributed by atoms with Crippen molar-refractivity contribution in [2.24, 2.45) is 52.3 Å². The van der Waals surface area contributed by atoms with E-state index in [1.165, 1.54) is 0 Å². The van der Waals surface area contributed by atoms with E-state index in [0.29, 0.717) is 37.5 Å². The molecule has 10 fully saturated rings. The Bertz CT molecular complexity index is 2210. The highest BCUT2D eigenvalue weighted by atomic mass is 16.8. The van der Waals surface area contributed by atoms with Gasteiger partial charge in [0.2, 0.25) is 0 Å². The van der Waals surface area contributed by atoms with Crippen LogP contribution in [0.2, 0.25) is 0 Å². The van der Waals surface area contributed by atoms with Crippen LogP contribution >= 0.6 is 0 Å². The quantitative estimate of drug-likeness (QED) is 0.0568. The monoisotopic (exact) mass is 1240 g/mol. The molecule has 29 heteroatoms. The lowest BCUT2D eigenvalue weighted by Gasteiger charge is -2.62. The summed E-state index contributed by atoms with van der Waals surface area (Å²) in [7, 11) is 0. The molecule has 38 atom stereocenters. The first-order valence-corrected chi connectivity index (χ1v) is 30.8. The van der Waals surface area contributed by atoms with Gasteiger partial charge in [-0.3, -0.25) is 0 Å². The van der Waals surface area contributed by atoms with Gasteiger partial charge in [-0.1, -0.05) is 27.7 Å². The number of aliphatic hydroxyl groups is 18. The molecule has 6 saturated heterocycles. The molecular weight excluding hydrogens is 1150 g/mol. The fourth-order valence-corrected chi connectivity index (χ4v) is 17.1. The summed E-state index contributed by atoms with van der Waals surface area (Å²) >= 11 is 0. The summed E-state index contributed by atoms with van der Waals surface area (Å²) in [6, 6.07) is 0. The Kier molecular flexibility index (Phi) is 21.0. The minimum absolute atomic E-state index is 0.0557. The summed E-state index contributed by atoms with van der Waals surface area (Å²) < 4.78 is 65.9. The number of fused-ring (bicyclic) bond motifs is 7. The highest BCUT2D eigenvalue weighted by molar-refractivity contribution is 5.16. The van der Waals surface area contributed by atoms with E-state index in [0.717, 1.165) is 32.1 Å².